The summed E-state index contributed by atoms with van der Waals surface area (Å²) in [6.45, 7) is 5.28. The van der Waals surface area contributed by atoms with Gasteiger partial charge in [-0.3, -0.25) is 9.69 Å². The van der Waals surface area contributed by atoms with E-state index in [2.05, 4.69) is 11.8 Å². The number of phenols is 1. The van der Waals surface area contributed by atoms with Crippen molar-refractivity contribution in [2.45, 2.75) is 32.7 Å². The highest BCUT2D eigenvalue weighted by molar-refractivity contribution is 5.76. The van der Waals surface area contributed by atoms with E-state index in [4.69, 9.17) is 5.73 Å². The quantitative estimate of drug-likeness (QED) is 0.778. The minimum absolute atomic E-state index is 0.115. The molecule has 0 bridgehead atoms. The largest absolute Gasteiger partial charge is 0.508 e. The van der Waals surface area contributed by atoms with Crippen molar-refractivity contribution in [1.82, 2.24) is 4.90 Å². The monoisotopic (exact) mass is 250 g/mol. The normalized spacial score (nSPS) is 12.6. The molecule has 1 aromatic rings. The van der Waals surface area contributed by atoms with Gasteiger partial charge in [-0.05, 0) is 37.6 Å². The van der Waals surface area contributed by atoms with Crippen LogP contribution in [0.15, 0.2) is 24.3 Å². The molecule has 4 heteroatoms. The Hall–Kier alpha value is -1.55. The molecule has 0 aliphatic heterocycles. The molecule has 1 amide bonds. The highest BCUT2D eigenvalue weighted by Gasteiger charge is 2.17. The van der Waals surface area contributed by atoms with Crippen molar-refractivity contribution in [1.29, 1.82) is 0 Å². The number of aromatic hydroxyl groups is 1. The second-order valence-corrected chi connectivity index (χ2v) is 4.56. The summed E-state index contributed by atoms with van der Waals surface area (Å²) in [6, 6.07) is 7.19. The molecule has 4 nitrogen and oxygen atoms in total. The molecule has 0 fully saturated rings. The van der Waals surface area contributed by atoms with Crippen LogP contribution in [0.25, 0.3) is 0 Å². The number of primary amides is 1. The SMILES string of the molecule is CCCCN(CC(N)=O)C(C)c1ccc(O)cc1. The first-order valence-corrected chi connectivity index (χ1v) is 6.36. The maximum absolute atomic E-state index is 11.1. The minimum Gasteiger partial charge on any atom is -0.508 e. The van der Waals surface area contributed by atoms with Crippen LogP contribution in [0.2, 0.25) is 0 Å². The second kappa shape index (κ2) is 7.01. The summed E-state index contributed by atoms with van der Waals surface area (Å²) in [5.41, 5.74) is 6.36. The molecule has 1 aromatic carbocycles. The van der Waals surface area contributed by atoms with E-state index < -0.39 is 0 Å². The molecular formula is C14H22N2O2. The average molecular weight is 250 g/mol. The summed E-state index contributed by atoms with van der Waals surface area (Å²) in [4.78, 5) is 13.2. The summed E-state index contributed by atoms with van der Waals surface area (Å²) in [5.74, 6) is -0.0577. The van der Waals surface area contributed by atoms with E-state index in [0.717, 1.165) is 24.9 Å². The number of benzene rings is 1. The Bertz CT molecular complexity index is 376. The highest BCUT2D eigenvalue weighted by Crippen LogP contribution is 2.22. The number of hydrogen-bond donors (Lipinski definition) is 2. The molecule has 0 saturated carbocycles. The summed E-state index contributed by atoms with van der Waals surface area (Å²) in [5, 5.41) is 9.28. The van der Waals surface area contributed by atoms with Gasteiger partial charge in [0.05, 0.1) is 6.54 Å². The zero-order valence-corrected chi connectivity index (χ0v) is 11.1. The van der Waals surface area contributed by atoms with Gasteiger partial charge in [0, 0.05) is 6.04 Å². The van der Waals surface area contributed by atoms with E-state index in [1.54, 1.807) is 12.1 Å². The fraction of sp³-hybridized carbons (Fsp3) is 0.500. The molecule has 1 rings (SSSR count). The van der Waals surface area contributed by atoms with Gasteiger partial charge in [-0.1, -0.05) is 25.5 Å². The number of nitrogens with zero attached hydrogens (tertiary/aromatic N) is 1. The van der Waals surface area contributed by atoms with Crippen molar-refractivity contribution in [2.24, 2.45) is 5.73 Å². The fourth-order valence-corrected chi connectivity index (χ4v) is 1.93. The average Bonchev–Trinajstić information content (AvgIpc) is 2.34. The van der Waals surface area contributed by atoms with Crippen LogP contribution in [0, 0.1) is 0 Å². The van der Waals surface area contributed by atoms with Crippen LogP contribution in [-0.2, 0) is 4.79 Å². The summed E-state index contributed by atoms with van der Waals surface area (Å²) in [7, 11) is 0. The molecule has 1 unspecified atom stereocenters. The van der Waals surface area contributed by atoms with E-state index in [1.807, 2.05) is 19.1 Å². The van der Waals surface area contributed by atoms with Crippen molar-refractivity contribution in [2.75, 3.05) is 13.1 Å². The lowest BCUT2D eigenvalue weighted by Crippen LogP contribution is -2.36. The van der Waals surface area contributed by atoms with Gasteiger partial charge in [0.2, 0.25) is 5.91 Å². The van der Waals surface area contributed by atoms with Crippen LogP contribution in [0.1, 0.15) is 38.3 Å². The number of amides is 1. The Morgan fingerprint density at radius 1 is 1.39 bits per heavy atom. The van der Waals surface area contributed by atoms with Crippen LogP contribution in [0.3, 0.4) is 0 Å². The van der Waals surface area contributed by atoms with Crippen molar-refractivity contribution < 1.29 is 9.90 Å². The van der Waals surface area contributed by atoms with Crippen molar-refractivity contribution in [3.05, 3.63) is 29.8 Å². The Labute approximate surface area is 108 Å². The third-order valence-corrected chi connectivity index (χ3v) is 3.08. The van der Waals surface area contributed by atoms with Crippen LogP contribution >= 0.6 is 0 Å². The maximum Gasteiger partial charge on any atom is 0.231 e. The molecule has 0 radical (unpaired) electrons. The van der Waals surface area contributed by atoms with Gasteiger partial charge in [0.15, 0.2) is 0 Å². The zero-order chi connectivity index (χ0) is 13.5. The molecule has 3 N–H and O–H groups in total. The Morgan fingerprint density at radius 2 is 2.00 bits per heavy atom. The Morgan fingerprint density at radius 3 is 2.50 bits per heavy atom. The van der Waals surface area contributed by atoms with E-state index in [0.29, 0.717) is 0 Å². The van der Waals surface area contributed by atoms with E-state index in [-0.39, 0.29) is 24.2 Å². The Balaban J connectivity index is 2.76. The van der Waals surface area contributed by atoms with Gasteiger partial charge in [0.1, 0.15) is 5.75 Å². The van der Waals surface area contributed by atoms with Gasteiger partial charge in [0.25, 0.3) is 0 Å². The van der Waals surface area contributed by atoms with Crippen LogP contribution in [-0.4, -0.2) is 29.0 Å². The first-order valence-electron chi connectivity index (χ1n) is 6.36. The number of phenolic OH excluding ortho intramolecular Hbond substituents is 1. The van der Waals surface area contributed by atoms with Gasteiger partial charge in [-0.2, -0.15) is 0 Å². The summed E-state index contributed by atoms with van der Waals surface area (Å²) in [6.07, 6.45) is 2.12. The molecule has 18 heavy (non-hydrogen) atoms. The summed E-state index contributed by atoms with van der Waals surface area (Å²) >= 11 is 0. The van der Waals surface area contributed by atoms with Crippen molar-refractivity contribution in [3.63, 3.8) is 0 Å². The van der Waals surface area contributed by atoms with Gasteiger partial charge >= 0.3 is 0 Å². The van der Waals surface area contributed by atoms with Crippen LogP contribution in [0.4, 0.5) is 0 Å². The number of unbranched alkanes of at least 4 members (excludes halogenated alkanes) is 1. The van der Waals surface area contributed by atoms with E-state index >= 15 is 0 Å². The topological polar surface area (TPSA) is 66.6 Å². The first-order chi connectivity index (χ1) is 8.54. The lowest BCUT2D eigenvalue weighted by atomic mass is 10.1. The zero-order valence-electron chi connectivity index (χ0n) is 11.1. The summed E-state index contributed by atoms with van der Waals surface area (Å²) < 4.78 is 0. The molecule has 0 heterocycles. The van der Waals surface area contributed by atoms with Gasteiger partial charge < -0.3 is 10.8 Å². The molecule has 0 aromatic heterocycles. The number of carbonyl (C=O) groups excluding carboxylic acids is 1. The van der Waals surface area contributed by atoms with E-state index in [9.17, 15) is 9.90 Å². The number of hydrogen-bond acceptors (Lipinski definition) is 3. The molecule has 100 valence electrons. The lowest BCUT2D eigenvalue weighted by molar-refractivity contribution is -0.119. The van der Waals surface area contributed by atoms with Gasteiger partial charge in [-0.15, -0.1) is 0 Å². The van der Waals surface area contributed by atoms with E-state index in [1.165, 1.54) is 0 Å². The third-order valence-electron chi connectivity index (χ3n) is 3.08. The highest BCUT2D eigenvalue weighted by atomic mass is 16.3. The second-order valence-electron chi connectivity index (χ2n) is 4.56. The molecule has 0 aliphatic rings. The Kier molecular flexibility index (Phi) is 5.65. The molecular weight excluding hydrogens is 228 g/mol. The van der Waals surface area contributed by atoms with Crippen LogP contribution < -0.4 is 5.73 Å². The number of rotatable bonds is 7. The smallest absolute Gasteiger partial charge is 0.231 e. The maximum atomic E-state index is 11.1. The van der Waals surface area contributed by atoms with Gasteiger partial charge in [-0.25, -0.2) is 0 Å². The van der Waals surface area contributed by atoms with Crippen molar-refractivity contribution in [3.8, 4) is 5.75 Å². The number of nitrogens with two attached hydrogens (primary N) is 1. The number of carbonyl (C=O) groups is 1. The molecule has 1 atom stereocenters. The van der Waals surface area contributed by atoms with Crippen molar-refractivity contribution >= 4 is 5.91 Å². The predicted molar refractivity (Wildman–Crippen MR) is 72.2 cm³/mol. The fourth-order valence-electron chi connectivity index (χ4n) is 1.93. The minimum atomic E-state index is -0.309. The standard InChI is InChI=1S/C14H22N2O2/c1-3-4-9-16(10-14(15)18)11(2)12-5-7-13(17)8-6-12/h5-8,11,17H,3-4,9-10H2,1-2H3,(H2,15,18). The lowest BCUT2D eigenvalue weighted by Gasteiger charge is -2.28. The predicted octanol–water partition coefficient (Wildman–Crippen LogP) is 2.04. The molecule has 0 aliphatic carbocycles. The molecule has 0 saturated heterocycles. The molecule has 0 spiro atoms. The first kappa shape index (κ1) is 14.5. The van der Waals surface area contributed by atoms with Crippen LogP contribution in [0.5, 0.6) is 5.75 Å². The third kappa shape index (κ3) is 4.37.